The van der Waals surface area contributed by atoms with Crippen LogP contribution in [-0.2, 0) is 14.8 Å². The Morgan fingerprint density at radius 1 is 1.15 bits per heavy atom. The van der Waals surface area contributed by atoms with Gasteiger partial charge in [0.25, 0.3) is 10.0 Å². The van der Waals surface area contributed by atoms with Crippen molar-refractivity contribution < 1.29 is 18.3 Å². The second kappa shape index (κ2) is 11.5. The molecule has 1 heterocycles. The maximum absolute atomic E-state index is 13.6. The van der Waals surface area contributed by atoms with Gasteiger partial charge in [0.15, 0.2) is 0 Å². The summed E-state index contributed by atoms with van der Waals surface area (Å²) in [6.45, 7) is 3.15. The molecule has 0 aromatic heterocycles. The number of carboxylic acid groups (broad SMARTS) is 1. The van der Waals surface area contributed by atoms with Crippen molar-refractivity contribution in [2.24, 2.45) is 0 Å². The number of nitrogens with zero attached hydrogens (tertiary/aromatic N) is 2. The Hall–Kier alpha value is -1.16. The van der Waals surface area contributed by atoms with Crippen molar-refractivity contribution in [3.05, 3.63) is 57.5 Å². The summed E-state index contributed by atoms with van der Waals surface area (Å²) >= 11 is 19.9. The average molecular weight is 552 g/mol. The summed E-state index contributed by atoms with van der Waals surface area (Å²) < 4.78 is 28.5. The molecule has 2 aromatic carbocycles. The number of benzene rings is 2. The Bertz CT molecular complexity index is 1080. The number of carbonyl (C=O) groups is 1. The highest BCUT2D eigenvalue weighted by atomic mass is 35.5. The molecule has 6 nitrogen and oxygen atoms in total. The number of halogens is 3. The van der Waals surface area contributed by atoms with E-state index in [0.717, 1.165) is 19.4 Å². The van der Waals surface area contributed by atoms with Gasteiger partial charge in [0.2, 0.25) is 0 Å². The third-order valence-corrected chi connectivity index (χ3v) is 9.44. The number of anilines is 1. The van der Waals surface area contributed by atoms with E-state index in [1.54, 1.807) is 18.2 Å². The van der Waals surface area contributed by atoms with E-state index < -0.39 is 16.0 Å². The van der Waals surface area contributed by atoms with Gasteiger partial charge in [-0.15, -0.1) is 11.8 Å². The summed E-state index contributed by atoms with van der Waals surface area (Å²) in [5.74, 6) is -0.0839. The Morgan fingerprint density at radius 3 is 2.45 bits per heavy atom. The lowest BCUT2D eigenvalue weighted by Crippen LogP contribution is -2.39. The van der Waals surface area contributed by atoms with Crippen molar-refractivity contribution in [3.8, 4) is 0 Å². The van der Waals surface area contributed by atoms with Gasteiger partial charge in [0.05, 0.1) is 15.6 Å². The fraction of sp³-hybridized carbons (Fsp3) is 0.409. The minimum Gasteiger partial charge on any atom is -0.480 e. The van der Waals surface area contributed by atoms with Crippen LogP contribution in [0.25, 0.3) is 0 Å². The largest absolute Gasteiger partial charge is 0.480 e. The molecule has 33 heavy (non-hydrogen) atoms. The van der Waals surface area contributed by atoms with E-state index in [2.05, 4.69) is 4.90 Å². The number of aliphatic carboxylic acids is 1. The van der Waals surface area contributed by atoms with E-state index in [0.29, 0.717) is 34.6 Å². The van der Waals surface area contributed by atoms with Crippen LogP contribution in [-0.4, -0.2) is 54.7 Å². The molecule has 0 aliphatic carbocycles. The summed E-state index contributed by atoms with van der Waals surface area (Å²) in [4.78, 5) is 13.3. The molecule has 0 amide bonds. The van der Waals surface area contributed by atoms with E-state index >= 15 is 0 Å². The molecule has 11 heteroatoms. The number of thioether (sulfide) groups is 1. The fourth-order valence-electron chi connectivity index (χ4n) is 3.71. The molecule has 1 aliphatic heterocycles. The lowest BCUT2D eigenvalue weighted by atomic mass is 10.1. The monoisotopic (exact) mass is 550 g/mol. The zero-order chi connectivity index (χ0) is 24.2. The zero-order valence-electron chi connectivity index (χ0n) is 18.0. The van der Waals surface area contributed by atoms with Gasteiger partial charge < -0.3 is 5.11 Å². The Morgan fingerprint density at radius 2 is 1.82 bits per heavy atom. The number of sulfonamides is 1. The van der Waals surface area contributed by atoms with E-state index in [-0.39, 0.29) is 21.2 Å². The van der Waals surface area contributed by atoms with Gasteiger partial charge in [-0.1, -0.05) is 41.2 Å². The number of carboxylic acids is 1. The van der Waals surface area contributed by atoms with Crippen LogP contribution in [0.5, 0.6) is 0 Å². The van der Waals surface area contributed by atoms with E-state index in [1.165, 1.54) is 40.3 Å². The third kappa shape index (κ3) is 6.71. The molecule has 2 atom stereocenters. The van der Waals surface area contributed by atoms with Crippen LogP contribution in [0, 0.1) is 0 Å². The standard InChI is InChI=1S/C22H25Cl3N2O4S2/c1-15(4-2-3-11-26-13-21(22(28)29)32-14-26)27(20-12-17(24)7-10-19(20)25)33(30,31)18-8-5-16(23)6-9-18/h5-10,12,15,21H,2-4,11,13-14H2,1H3,(H,28,29). The smallest absolute Gasteiger partial charge is 0.317 e. The van der Waals surface area contributed by atoms with Crippen LogP contribution in [0.4, 0.5) is 5.69 Å². The van der Waals surface area contributed by atoms with Crippen LogP contribution in [0.3, 0.4) is 0 Å². The highest BCUT2D eigenvalue weighted by molar-refractivity contribution is 8.00. The van der Waals surface area contributed by atoms with Crippen molar-refractivity contribution in [1.82, 2.24) is 4.90 Å². The van der Waals surface area contributed by atoms with Gasteiger partial charge in [-0.05, 0) is 68.8 Å². The minimum atomic E-state index is -3.93. The summed E-state index contributed by atoms with van der Waals surface area (Å²) in [5.41, 5.74) is 0.326. The molecule has 0 spiro atoms. The summed E-state index contributed by atoms with van der Waals surface area (Å²) in [7, 11) is -3.93. The number of rotatable bonds is 10. The van der Waals surface area contributed by atoms with Crippen LogP contribution < -0.4 is 4.31 Å². The Balaban J connectivity index is 1.74. The first-order valence-corrected chi connectivity index (χ1v) is 14.0. The van der Waals surface area contributed by atoms with E-state index in [1.807, 2.05) is 6.92 Å². The first-order valence-electron chi connectivity index (χ1n) is 10.4. The Labute approximate surface area is 213 Å². The molecule has 0 radical (unpaired) electrons. The van der Waals surface area contributed by atoms with Crippen LogP contribution >= 0.6 is 46.6 Å². The minimum absolute atomic E-state index is 0.114. The normalized spacial score (nSPS) is 17.8. The molecular weight excluding hydrogens is 527 g/mol. The van der Waals surface area contributed by atoms with Crippen LogP contribution in [0.15, 0.2) is 47.4 Å². The maximum Gasteiger partial charge on any atom is 0.317 e. The molecule has 1 N–H and O–H groups in total. The zero-order valence-corrected chi connectivity index (χ0v) is 21.9. The second-order valence-electron chi connectivity index (χ2n) is 7.89. The lowest BCUT2D eigenvalue weighted by molar-refractivity contribution is -0.136. The van der Waals surface area contributed by atoms with Crippen LogP contribution in [0.2, 0.25) is 15.1 Å². The molecule has 0 saturated carbocycles. The highest BCUT2D eigenvalue weighted by Gasteiger charge is 2.31. The third-order valence-electron chi connectivity index (χ3n) is 5.42. The quantitative estimate of drug-likeness (QED) is 0.373. The SMILES string of the molecule is CC(CCCCN1CSC(C(=O)O)C1)N(c1cc(Cl)ccc1Cl)S(=O)(=O)c1ccc(Cl)cc1. The van der Waals surface area contributed by atoms with Gasteiger partial charge in [0, 0.05) is 28.5 Å². The molecule has 0 bridgehead atoms. The van der Waals surface area contributed by atoms with Crippen molar-refractivity contribution in [2.45, 2.75) is 42.4 Å². The van der Waals surface area contributed by atoms with Gasteiger partial charge in [-0.3, -0.25) is 14.0 Å². The van der Waals surface area contributed by atoms with Crippen molar-refractivity contribution in [3.63, 3.8) is 0 Å². The number of hydrogen-bond acceptors (Lipinski definition) is 5. The van der Waals surface area contributed by atoms with Crippen LogP contribution in [0.1, 0.15) is 26.2 Å². The first kappa shape index (κ1) is 26.4. The summed E-state index contributed by atoms with van der Waals surface area (Å²) in [5, 5.41) is 9.87. The fourth-order valence-corrected chi connectivity index (χ4v) is 7.04. The van der Waals surface area contributed by atoms with Gasteiger partial charge in [-0.25, -0.2) is 8.42 Å². The molecular formula is C22H25Cl3N2O4S2. The van der Waals surface area contributed by atoms with Gasteiger partial charge >= 0.3 is 5.97 Å². The second-order valence-corrected chi connectivity index (χ2v) is 12.2. The van der Waals surface area contributed by atoms with E-state index in [4.69, 9.17) is 39.9 Å². The Kier molecular flexibility index (Phi) is 9.23. The summed E-state index contributed by atoms with van der Waals surface area (Å²) in [6, 6.07) is 10.4. The predicted octanol–water partition coefficient (Wildman–Crippen LogP) is 5.86. The van der Waals surface area contributed by atoms with Crippen molar-refractivity contribution in [2.75, 3.05) is 23.3 Å². The lowest BCUT2D eigenvalue weighted by Gasteiger charge is -2.31. The van der Waals surface area contributed by atoms with Crippen molar-refractivity contribution in [1.29, 1.82) is 0 Å². The predicted molar refractivity (Wildman–Crippen MR) is 136 cm³/mol. The van der Waals surface area contributed by atoms with Crippen molar-refractivity contribution >= 4 is 68.2 Å². The number of unbranched alkanes of at least 4 members (excludes halogenated alkanes) is 1. The summed E-state index contributed by atoms with van der Waals surface area (Å²) in [6.07, 6.45) is 2.19. The molecule has 1 fully saturated rings. The molecule has 180 valence electrons. The maximum atomic E-state index is 13.6. The van der Waals surface area contributed by atoms with Gasteiger partial charge in [-0.2, -0.15) is 0 Å². The molecule has 3 rings (SSSR count). The first-order chi connectivity index (χ1) is 15.6. The van der Waals surface area contributed by atoms with Gasteiger partial charge in [0.1, 0.15) is 5.25 Å². The molecule has 2 aromatic rings. The molecule has 1 saturated heterocycles. The topological polar surface area (TPSA) is 77.9 Å². The molecule has 1 aliphatic rings. The average Bonchev–Trinajstić information content (AvgIpc) is 3.23. The molecule has 2 unspecified atom stereocenters. The highest BCUT2D eigenvalue weighted by Crippen LogP contribution is 2.36. The number of hydrogen-bond donors (Lipinski definition) is 1. The van der Waals surface area contributed by atoms with E-state index in [9.17, 15) is 13.2 Å².